The molecule has 0 atom stereocenters. The molecule has 4 N–H and O–H groups in total. The Morgan fingerprint density at radius 2 is 2.26 bits per heavy atom. The van der Waals surface area contributed by atoms with Crippen LogP contribution in [0.25, 0.3) is 0 Å². The fourth-order valence-electron chi connectivity index (χ4n) is 1.16. The largest absolute Gasteiger partial charge is 0.370 e. The van der Waals surface area contributed by atoms with Gasteiger partial charge in [-0.15, -0.1) is 24.0 Å². The number of rotatable bonds is 5. The fourth-order valence-corrected chi connectivity index (χ4v) is 1.16. The molecule has 0 radical (unpaired) electrons. The summed E-state index contributed by atoms with van der Waals surface area (Å²) in [6, 6.07) is 3.51. The van der Waals surface area contributed by atoms with E-state index in [9.17, 15) is 4.79 Å². The Bertz CT molecular complexity index is 408. The molecule has 1 aromatic heterocycles. The number of aromatic nitrogens is 1. The molecule has 0 aliphatic rings. The summed E-state index contributed by atoms with van der Waals surface area (Å²) >= 11 is 0. The van der Waals surface area contributed by atoms with Crippen molar-refractivity contribution < 1.29 is 4.79 Å². The number of amides is 1. The number of halogens is 1. The summed E-state index contributed by atoms with van der Waals surface area (Å²) in [7, 11) is 0. The number of hydrogen-bond acceptors (Lipinski definition) is 3. The molecule has 0 spiro atoms. The van der Waals surface area contributed by atoms with Gasteiger partial charge in [0.2, 0.25) is 5.91 Å². The lowest BCUT2D eigenvalue weighted by Gasteiger charge is -2.07. The number of aliphatic imine (C=N–C) groups is 1. The summed E-state index contributed by atoms with van der Waals surface area (Å²) in [6.45, 7) is 4.86. The normalized spacial score (nSPS) is 10.8. The molecular formula is C12H20IN5O. The zero-order valence-electron chi connectivity index (χ0n) is 11.1. The van der Waals surface area contributed by atoms with Gasteiger partial charge < -0.3 is 16.4 Å². The molecule has 6 nitrogen and oxygen atoms in total. The Hall–Kier alpha value is -1.38. The number of hydrogen-bond donors (Lipinski definition) is 3. The molecule has 106 valence electrons. The van der Waals surface area contributed by atoms with Crippen molar-refractivity contribution in [1.82, 2.24) is 10.3 Å². The van der Waals surface area contributed by atoms with Crippen LogP contribution in [0.4, 0.5) is 5.69 Å². The Morgan fingerprint density at radius 1 is 1.53 bits per heavy atom. The first kappa shape index (κ1) is 17.6. The number of nitrogens with two attached hydrogens (primary N) is 1. The van der Waals surface area contributed by atoms with Gasteiger partial charge in [0.1, 0.15) is 6.54 Å². The molecule has 1 heterocycles. The van der Waals surface area contributed by atoms with E-state index >= 15 is 0 Å². The third-order valence-electron chi connectivity index (χ3n) is 2.03. The van der Waals surface area contributed by atoms with Gasteiger partial charge in [-0.05, 0) is 18.1 Å². The van der Waals surface area contributed by atoms with Crippen LogP contribution in [0.15, 0.2) is 29.5 Å². The van der Waals surface area contributed by atoms with Crippen LogP contribution in [0, 0.1) is 5.92 Å². The van der Waals surface area contributed by atoms with Gasteiger partial charge in [0.25, 0.3) is 0 Å². The lowest BCUT2D eigenvalue weighted by molar-refractivity contribution is -0.114. The van der Waals surface area contributed by atoms with E-state index < -0.39 is 0 Å². The minimum absolute atomic E-state index is 0. The van der Waals surface area contributed by atoms with Crippen LogP contribution < -0.4 is 16.4 Å². The molecule has 7 heteroatoms. The molecule has 19 heavy (non-hydrogen) atoms. The molecule has 0 aliphatic carbocycles. The summed E-state index contributed by atoms with van der Waals surface area (Å²) in [4.78, 5) is 19.4. The van der Waals surface area contributed by atoms with Crippen LogP contribution in [-0.4, -0.2) is 29.9 Å². The van der Waals surface area contributed by atoms with E-state index in [1.165, 1.54) is 0 Å². The van der Waals surface area contributed by atoms with E-state index in [-0.39, 0.29) is 42.4 Å². The van der Waals surface area contributed by atoms with Gasteiger partial charge in [0, 0.05) is 12.7 Å². The van der Waals surface area contributed by atoms with Gasteiger partial charge in [-0.3, -0.25) is 9.78 Å². The first-order chi connectivity index (χ1) is 8.58. The Morgan fingerprint density at radius 3 is 2.84 bits per heavy atom. The molecule has 0 unspecified atom stereocenters. The van der Waals surface area contributed by atoms with Crippen LogP contribution >= 0.6 is 24.0 Å². The number of carbonyl (C=O) groups excluding carboxylic acids is 1. The maximum Gasteiger partial charge on any atom is 0.246 e. The molecule has 0 saturated heterocycles. The van der Waals surface area contributed by atoms with Gasteiger partial charge >= 0.3 is 0 Å². The van der Waals surface area contributed by atoms with Crippen molar-refractivity contribution in [3.8, 4) is 0 Å². The van der Waals surface area contributed by atoms with Crippen LogP contribution in [-0.2, 0) is 4.79 Å². The maximum absolute atomic E-state index is 11.5. The van der Waals surface area contributed by atoms with Crippen LogP contribution in [0.1, 0.15) is 13.8 Å². The molecular weight excluding hydrogens is 357 g/mol. The van der Waals surface area contributed by atoms with Crippen LogP contribution in [0.3, 0.4) is 0 Å². The number of anilines is 1. The van der Waals surface area contributed by atoms with E-state index in [0.29, 0.717) is 11.6 Å². The Labute approximate surface area is 130 Å². The van der Waals surface area contributed by atoms with E-state index in [2.05, 4.69) is 34.5 Å². The zero-order chi connectivity index (χ0) is 13.4. The smallest absolute Gasteiger partial charge is 0.246 e. The second-order valence-corrected chi connectivity index (χ2v) is 4.27. The number of nitrogens with one attached hydrogen (secondary N) is 2. The van der Waals surface area contributed by atoms with Gasteiger partial charge in [0.05, 0.1) is 11.9 Å². The second-order valence-electron chi connectivity index (χ2n) is 4.27. The molecule has 1 aromatic rings. The van der Waals surface area contributed by atoms with E-state index in [1.807, 2.05) is 0 Å². The van der Waals surface area contributed by atoms with Gasteiger partial charge in [-0.2, -0.15) is 0 Å². The molecule has 1 rings (SSSR count). The standard InChI is InChI=1S/C12H19N5O.HI/c1-9(2)6-15-12(13)16-8-11(18)17-10-4-3-5-14-7-10;/h3-5,7,9H,6,8H2,1-2H3,(H,17,18)(H3,13,15,16);1H. The van der Waals surface area contributed by atoms with Crippen molar-refractivity contribution in [3.63, 3.8) is 0 Å². The van der Waals surface area contributed by atoms with Crippen LogP contribution in [0.2, 0.25) is 0 Å². The van der Waals surface area contributed by atoms with Crippen LogP contribution in [0.5, 0.6) is 0 Å². The summed E-state index contributed by atoms with van der Waals surface area (Å²) in [6.07, 6.45) is 3.21. The average Bonchev–Trinajstić information content (AvgIpc) is 2.35. The topological polar surface area (TPSA) is 92.4 Å². The summed E-state index contributed by atoms with van der Waals surface area (Å²) in [5.74, 6) is 0.533. The van der Waals surface area contributed by atoms with Crippen molar-refractivity contribution >= 4 is 41.5 Å². The van der Waals surface area contributed by atoms with Crippen molar-refractivity contribution in [3.05, 3.63) is 24.5 Å². The van der Waals surface area contributed by atoms with Gasteiger partial charge in [0.15, 0.2) is 5.96 Å². The SMILES string of the molecule is CC(C)CNC(N)=NCC(=O)Nc1cccnc1.I. The fraction of sp³-hybridized carbons (Fsp3) is 0.417. The molecule has 0 saturated carbocycles. The molecule has 0 bridgehead atoms. The van der Waals surface area contributed by atoms with Crippen molar-refractivity contribution in [2.75, 3.05) is 18.4 Å². The maximum atomic E-state index is 11.5. The monoisotopic (exact) mass is 377 g/mol. The highest BCUT2D eigenvalue weighted by Gasteiger charge is 2.01. The lowest BCUT2D eigenvalue weighted by Crippen LogP contribution is -2.35. The lowest BCUT2D eigenvalue weighted by atomic mass is 10.2. The van der Waals surface area contributed by atoms with E-state index in [0.717, 1.165) is 6.54 Å². The average molecular weight is 377 g/mol. The third kappa shape index (κ3) is 8.36. The minimum Gasteiger partial charge on any atom is -0.370 e. The first-order valence-electron chi connectivity index (χ1n) is 5.81. The first-order valence-corrected chi connectivity index (χ1v) is 5.81. The quantitative estimate of drug-likeness (QED) is 0.409. The van der Waals surface area contributed by atoms with Crippen molar-refractivity contribution in [1.29, 1.82) is 0 Å². The highest BCUT2D eigenvalue weighted by atomic mass is 127. The summed E-state index contributed by atoms with van der Waals surface area (Å²) in [5, 5.41) is 5.61. The predicted octanol–water partition coefficient (Wildman–Crippen LogP) is 1.20. The zero-order valence-corrected chi connectivity index (χ0v) is 13.4. The third-order valence-corrected chi connectivity index (χ3v) is 2.03. The minimum atomic E-state index is -0.225. The van der Waals surface area contributed by atoms with Gasteiger partial charge in [-0.25, -0.2) is 4.99 Å². The van der Waals surface area contributed by atoms with E-state index in [4.69, 9.17) is 5.73 Å². The Balaban J connectivity index is 0.00000324. The second kappa shape index (κ2) is 9.54. The molecule has 0 aliphatic heterocycles. The number of guanidine groups is 1. The van der Waals surface area contributed by atoms with E-state index in [1.54, 1.807) is 24.5 Å². The Kier molecular flexibility index (Phi) is 8.84. The molecule has 1 amide bonds. The highest BCUT2D eigenvalue weighted by molar-refractivity contribution is 14.0. The summed E-state index contributed by atoms with van der Waals surface area (Å²) < 4.78 is 0. The van der Waals surface area contributed by atoms with Gasteiger partial charge in [-0.1, -0.05) is 13.8 Å². The van der Waals surface area contributed by atoms with Crippen molar-refractivity contribution in [2.24, 2.45) is 16.6 Å². The summed E-state index contributed by atoms with van der Waals surface area (Å²) in [5.41, 5.74) is 6.26. The molecule has 0 fully saturated rings. The number of carbonyl (C=O) groups is 1. The molecule has 0 aromatic carbocycles. The predicted molar refractivity (Wildman–Crippen MR) is 87.6 cm³/mol. The highest BCUT2D eigenvalue weighted by Crippen LogP contribution is 2.01. The number of pyridine rings is 1. The van der Waals surface area contributed by atoms with Crippen molar-refractivity contribution in [2.45, 2.75) is 13.8 Å². The number of nitrogens with zero attached hydrogens (tertiary/aromatic N) is 2.